The molecule has 0 aliphatic rings. The van der Waals surface area contributed by atoms with Gasteiger partial charge in [-0.05, 0) is 40.2 Å². The third-order valence-electron chi connectivity index (χ3n) is 2.43. The Morgan fingerprint density at radius 2 is 2.22 bits per heavy atom. The number of anilines is 1. The quantitative estimate of drug-likeness (QED) is 0.938. The summed E-state index contributed by atoms with van der Waals surface area (Å²) in [6.07, 6.45) is 0. The van der Waals surface area contributed by atoms with Crippen molar-refractivity contribution in [3.05, 3.63) is 46.3 Å². The standard InChI is InChI=1S/C13H11BrN2O2/c1-17-11-4-2-3-9(7-15)13(11)16-8-10-5-6-12(14)18-10/h2-6,16H,8H2,1H3. The van der Waals surface area contributed by atoms with E-state index in [4.69, 9.17) is 14.4 Å². The molecule has 0 unspecified atom stereocenters. The van der Waals surface area contributed by atoms with Gasteiger partial charge in [0.25, 0.3) is 0 Å². The van der Waals surface area contributed by atoms with Crippen molar-refractivity contribution in [2.24, 2.45) is 0 Å². The molecule has 4 nitrogen and oxygen atoms in total. The lowest BCUT2D eigenvalue weighted by atomic mass is 10.1. The van der Waals surface area contributed by atoms with Crippen LogP contribution in [0.4, 0.5) is 5.69 Å². The summed E-state index contributed by atoms with van der Waals surface area (Å²) in [5.74, 6) is 1.41. The van der Waals surface area contributed by atoms with Gasteiger partial charge in [-0.25, -0.2) is 0 Å². The maximum absolute atomic E-state index is 9.06. The first-order valence-electron chi connectivity index (χ1n) is 5.30. The van der Waals surface area contributed by atoms with Gasteiger partial charge in [0.15, 0.2) is 4.67 Å². The highest BCUT2D eigenvalue weighted by Crippen LogP contribution is 2.28. The molecule has 0 aliphatic carbocycles. The van der Waals surface area contributed by atoms with Crippen molar-refractivity contribution >= 4 is 21.6 Å². The average molecular weight is 307 g/mol. The molecule has 1 aromatic carbocycles. The third kappa shape index (κ3) is 2.66. The Balaban J connectivity index is 2.20. The number of nitrogens with zero attached hydrogens (tertiary/aromatic N) is 1. The van der Waals surface area contributed by atoms with Crippen LogP contribution in [0.1, 0.15) is 11.3 Å². The monoisotopic (exact) mass is 306 g/mol. The number of hydrogen-bond acceptors (Lipinski definition) is 4. The highest BCUT2D eigenvalue weighted by molar-refractivity contribution is 9.10. The lowest BCUT2D eigenvalue weighted by Crippen LogP contribution is -2.02. The summed E-state index contributed by atoms with van der Waals surface area (Å²) in [5, 5.41) is 12.2. The molecule has 2 aromatic rings. The van der Waals surface area contributed by atoms with Gasteiger partial charge in [0.2, 0.25) is 0 Å². The predicted molar refractivity (Wildman–Crippen MR) is 71.4 cm³/mol. The molecule has 0 amide bonds. The third-order valence-corrected chi connectivity index (χ3v) is 2.86. The molecule has 0 bridgehead atoms. The fourth-order valence-electron chi connectivity index (χ4n) is 1.60. The molecule has 1 N–H and O–H groups in total. The first-order valence-corrected chi connectivity index (χ1v) is 6.09. The van der Waals surface area contributed by atoms with Crippen LogP contribution in [0.2, 0.25) is 0 Å². The van der Waals surface area contributed by atoms with Crippen molar-refractivity contribution in [3.8, 4) is 11.8 Å². The number of methoxy groups -OCH3 is 1. The zero-order valence-electron chi connectivity index (χ0n) is 9.74. The Morgan fingerprint density at radius 3 is 2.83 bits per heavy atom. The van der Waals surface area contributed by atoms with Crippen LogP contribution in [-0.4, -0.2) is 7.11 Å². The number of benzene rings is 1. The van der Waals surface area contributed by atoms with Crippen LogP contribution < -0.4 is 10.1 Å². The second kappa shape index (κ2) is 5.61. The zero-order valence-corrected chi connectivity index (χ0v) is 11.3. The van der Waals surface area contributed by atoms with Gasteiger partial charge in [-0.15, -0.1) is 0 Å². The molecule has 0 atom stereocenters. The minimum Gasteiger partial charge on any atom is -0.495 e. The van der Waals surface area contributed by atoms with E-state index in [9.17, 15) is 0 Å². The Hall–Kier alpha value is -1.93. The minimum absolute atomic E-state index is 0.487. The number of nitrogens with one attached hydrogen (secondary N) is 1. The topological polar surface area (TPSA) is 58.2 Å². The van der Waals surface area contributed by atoms with Gasteiger partial charge in [0.05, 0.1) is 24.9 Å². The minimum atomic E-state index is 0.487. The highest BCUT2D eigenvalue weighted by atomic mass is 79.9. The molecule has 0 radical (unpaired) electrons. The van der Waals surface area contributed by atoms with Crippen LogP contribution in [-0.2, 0) is 6.54 Å². The molecule has 0 fully saturated rings. The van der Waals surface area contributed by atoms with E-state index in [0.29, 0.717) is 28.2 Å². The number of ether oxygens (including phenoxy) is 1. The molecule has 2 rings (SSSR count). The van der Waals surface area contributed by atoms with Crippen molar-refractivity contribution < 1.29 is 9.15 Å². The smallest absolute Gasteiger partial charge is 0.169 e. The molecule has 18 heavy (non-hydrogen) atoms. The second-order valence-electron chi connectivity index (χ2n) is 3.55. The first-order chi connectivity index (χ1) is 8.74. The molecule has 92 valence electrons. The van der Waals surface area contributed by atoms with E-state index >= 15 is 0 Å². The maximum Gasteiger partial charge on any atom is 0.169 e. The van der Waals surface area contributed by atoms with E-state index < -0.39 is 0 Å². The predicted octanol–water partition coefficient (Wildman–Crippen LogP) is 3.53. The summed E-state index contributed by atoms with van der Waals surface area (Å²) in [6, 6.07) is 11.1. The van der Waals surface area contributed by atoms with Crippen molar-refractivity contribution in [1.82, 2.24) is 0 Å². The SMILES string of the molecule is COc1cccc(C#N)c1NCc1ccc(Br)o1. The van der Waals surface area contributed by atoms with Gasteiger partial charge < -0.3 is 14.5 Å². The van der Waals surface area contributed by atoms with Crippen LogP contribution in [0.15, 0.2) is 39.4 Å². The van der Waals surface area contributed by atoms with E-state index in [-0.39, 0.29) is 0 Å². The summed E-state index contributed by atoms with van der Waals surface area (Å²) in [5.41, 5.74) is 1.22. The van der Waals surface area contributed by atoms with Crippen molar-refractivity contribution in [2.45, 2.75) is 6.54 Å². The lowest BCUT2D eigenvalue weighted by molar-refractivity contribution is 0.416. The molecule has 1 aromatic heterocycles. The van der Waals surface area contributed by atoms with Gasteiger partial charge >= 0.3 is 0 Å². The fourth-order valence-corrected chi connectivity index (χ4v) is 1.94. The van der Waals surface area contributed by atoms with Crippen LogP contribution in [0, 0.1) is 11.3 Å². The number of hydrogen-bond donors (Lipinski definition) is 1. The van der Waals surface area contributed by atoms with E-state index in [1.54, 1.807) is 25.3 Å². The molecule has 0 aliphatic heterocycles. The van der Waals surface area contributed by atoms with Crippen molar-refractivity contribution in [2.75, 3.05) is 12.4 Å². The Labute approximate surface area is 113 Å². The molecule has 0 saturated carbocycles. The van der Waals surface area contributed by atoms with Crippen LogP contribution in [0.3, 0.4) is 0 Å². The summed E-state index contributed by atoms with van der Waals surface area (Å²) in [6.45, 7) is 0.487. The van der Waals surface area contributed by atoms with Gasteiger partial charge in [0.1, 0.15) is 17.6 Å². The summed E-state index contributed by atoms with van der Waals surface area (Å²) < 4.78 is 11.3. The van der Waals surface area contributed by atoms with Crippen LogP contribution in [0.5, 0.6) is 5.75 Å². The zero-order chi connectivity index (χ0) is 13.0. The van der Waals surface area contributed by atoms with Crippen molar-refractivity contribution in [1.29, 1.82) is 5.26 Å². The van der Waals surface area contributed by atoms with E-state index in [0.717, 1.165) is 5.76 Å². The summed E-state index contributed by atoms with van der Waals surface area (Å²) in [4.78, 5) is 0. The number of rotatable bonds is 4. The first kappa shape index (κ1) is 12.5. The largest absolute Gasteiger partial charge is 0.495 e. The molecular formula is C13H11BrN2O2. The van der Waals surface area contributed by atoms with Gasteiger partial charge in [-0.3, -0.25) is 0 Å². The molecule has 1 heterocycles. The van der Waals surface area contributed by atoms with E-state index in [1.165, 1.54) is 0 Å². The van der Waals surface area contributed by atoms with E-state index in [2.05, 4.69) is 27.3 Å². The fraction of sp³-hybridized carbons (Fsp3) is 0.154. The number of para-hydroxylation sites is 1. The Bertz CT molecular complexity index is 587. The summed E-state index contributed by atoms with van der Waals surface area (Å²) in [7, 11) is 1.57. The molecule has 0 saturated heterocycles. The second-order valence-corrected chi connectivity index (χ2v) is 4.34. The molecule has 5 heteroatoms. The number of furan rings is 1. The molecule has 0 spiro atoms. The number of halogens is 1. The Morgan fingerprint density at radius 1 is 1.39 bits per heavy atom. The maximum atomic E-state index is 9.06. The Kier molecular flexibility index (Phi) is 3.90. The van der Waals surface area contributed by atoms with Crippen LogP contribution >= 0.6 is 15.9 Å². The van der Waals surface area contributed by atoms with Gasteiger partial charge in [-0.1, -0.05) is 6.07 Å². The lowest BCUT2D eigenvalue weighted by Gasteiger charge is -2.11. The van der Waals surface area contributed by atoms with Crippen LogP contribution in [0.25, 0.3) is 0 Å². The highest BCUT2D eigenvalue weighted by Gasteiger charge is 2.09. The number of nitriles is 1. The average Bonchev–Trinajstić information content (AvgIpc) is 2.81. The molecular weight excluding hydrogens is 296 g/mol. The van der Waals surface area contributed by atoms with Gasteiger partial charge in [-0.2, -0.15) is 5.26 Å². The summed E-state index contributed by atoms with van der Waals surface area (Å²) >= 11 is 3.24. The normalized spacial score (nSPS) is 9.83. The van der Waals surface area contributed by atoms with Gasteiger partial charge in [0, 0.05) is 0 Å². The van der Waals surface area contributed by atoms with E-state index in [1.807, 2.05) is 12.1 Å². The van der Waals surface area contributed by atoms with Crippen molar-refractivity contribution in [3.63, 3.8) is 0 Å².